The predicted octanol–water partition coefficient (Wildman–Crippen LogP) is 3.79. The maximum atomic E-state index is 13.6. The van der Waals surface area contributed by atoms with Crippen LogP contribution in [0.5, 0.6) is 0 Å². The van der Waals surface area contributed by atoms with Crippen molar-refractivity contribution in [2.75, 3.05) is 11.9 Å². The van der Waals surface area contributed by atoms with Crippen molar-refractivity contribution in [1.82, 2.24) is 9.88 Å². The molecule has 2 aromatic heterocycles. The minimum Gasteiger partial charge on any atom is -0.469 e. The summed E-state index contributed by atoms with van der Waals surface area (Å²) in [6.07, 6.45) is 2.42. The first-order chi connectivity index (χ1) is 17.4. The Hall–Kier alpha value is -2.82. The molecular weight excluding hydrogens is 522 g/mol. The molecule has 0 unspecified atom stereocenters. The first-order valence-electron chi connectivity index (χ1n) is 11.7. The van der Waals surface area contributed by atoms with Crippen LogP contribution >= 0.6 is 34.7 Å². The fourth-order valence-corrected chi connectivity index (χ4v) is 9.89. The minimum atomic E-state index is -0.442. The number of aromatic amines is 1. The standard InChI is InChI=1S/C25H20ClN3O5S2/c26-10-3-5-11(6-4-10)27-15(30)9-29-23(31)17-12-8-13(18(17)24(29)32)20-16(12)19(14-2-1-7-34-14)21-22(35-20)28-25(33)36-21/h1-7,12-13,16-20H,8-9H2,(H,27,30)(H,28,33)/t12-,13+,16-,17+,18+,19+,20+/m0/s1. The number of hydrogen-bond donors (Lipinski definition) is 2. The Kier molecular flexibility index (Phi) is 5.03. The second kappa shape index (κ2) is 8.09. The summed E-state index contributed by atoms with van der Waals surface area (Å²) >= 11 is 8.72. The summed E-state index contributed by atoms with van der Waals surface area (Å²) in [5.74, 6) is -1.11. The summed E-state index contributed by atoms with van der Waals surface area (Å²) in [4.78, 5) is 56.9. The number of furan rings is 1. The highest BCUT2D eigenvalue weighted by Crippen LogP contribution is 2.68. The van der Waals surface area contributed by atoms with Crippen molar-refractivity contribution in [2.45, 2.75) is 22.6 Å². The molecule has 2 N–H and O–H groups in total. The number of hydrogen-bond acceptors (Lipinski definition) is 7. The van der Waals surface area contributed by atoms with Crippen LogP contribution in [-0.2, 0) is 14.4 Å². The average molecular weight is 542 g/mol. The number of carbonyl (C=O) groups excluding carboxylic acids is 3. The summed E-state index contributed by atoms with van der Waals surface area (Å²) in [7, 11) is 0. The summed E-state index contributed by atoms with van der Waals surface area (Å²) in [6, 6.07) is 10.4. The van der Waals surface area contributed by atoms with Gasteiger partial charge in [-0.05, 0) is 60.6 Å². The Morgan fingerprint density at radius 2 is 1.86 bits per heavy atom. The third-order valence-electron chi connectivity index (χ3n) is 8.09. The van der Waals surface area contributed by atoms with Crippen molar-refractivity contribution in [2.24, 2.45) is 29.6 Å². The van der Waals surface area contributed by atoms with Crippen LogP contribution in [0.25, 0.3) is 0 Å². The van der Waals surface area contributed by atoms with Crippen LogP contribution in [0.4, 0.5) is 5.69 Å². The molecule has 36 heavy (non-hydrogen) atoms. The van der Waals surface area contributed by atoms with Gasteiger partial charge in [0.05, 0.1) is 33.9 Å². The van der Waals surface area contributed by atoms with E-state index in [4.69, 9.17) is 16.0 Å². The molecule has 11 heteroatoms. The van der Waals surface area contributed by atoms with Crippen molar-refractivity contribution in [3.05, 3.63) is 68.0 Å². The number of likely N-dealkylation sites (tertiary alicyclic amines) is 1. The van der Waals surface area contributed by atoms with Gasteiger partial charge >= 0.3 is 4.87 Å². The maximum absolute atomic E-state index is 13.6. The quantitative estimate of drug-likeness (QED) is 0.486. The number of halogens is 1. The lowest BCUT2D eigenvalue weighted by Crippen LogP contribution is -2.42. The van der Waals surface area contributed by atoms with Crippen molar-refractivity contribution >= 4 is 58.1 Å². The molecule has 0 spiro atoms. The van der Waals surface area contributed by atoms with Crippen LogP contribution in [0.3, 0.4) is 0 Å². The zero-order valence-corrected chi connectivity index (χ0v) is 21.1. The van der Waals surface area contributed by atoms with Crippen molar-refractivity contribution < 1.29 is 18.8 Å². The van der Waals surface area contributed by atoms with Crippen LogP contribution < -0.4 is 10.2 Å². The zero-order chi connectivity index (χ0) is 24.7. The number of thioether (sulfide) groups is 1. The van der Waals surface area contributed by atoms with Gasteiger partial charge in [0.2, 0.25) is 17.7 Å². The molecule has 3 aromatic rings. The van der Waals surface area contributed by atoms with Gasteiger partial charge in [-0.15, -0.1) is 11.8 Å². The largest absolute Gasteiger partial charge is 0.469 e. The van der Waals surface area contributed by atoms with E-state index in [1.54, 1.807) is 42.3 Å². The van der Waals surface area contributed by atoms with Crippen LogP contribution in [0.1, 0.15) is 23.0 Å². The molecule has 3 amide bonds. The fraction of sp³-hybridized carbons (Fsp3) is 0.360. The number of anilines is 1. The summed E-state index contributed by atoms with van der Waals surface area (Å²) < 4.78 is 5.81. The van der Waals surface area contributed by atoms with E-state index in [0.29, 0.717) is 10.7 Å². The number of rotatable bonds is 4. The molecule has 4 heterocycles. The molecule has 2 aliphatic heterocycles. The van der Waals surface area contributed by atoms with Crippen LogP contribution in [-0.4, -0.2) is 39.4 Å². The highest BCUT2D eigenvalue weighted by Gasteiger charge is 2.69. The Morgan fingerprint density at radius 1 is 1.11 bits per heavy atom. The molecular formula is C25H20ClN3O5S2. The molecule has 184 valence electrons. The molecule has 4 aliphatic rings. The SMILES string of the molecule is O=C(CN1C(=O)[C@@H]2[C@H]3C[C@@H]([C@H]4Sc5[nH]c(=O)sc5[C@H](c5ccco5)[C@H]34)[C@H]2C1=O)Nc1ccc(Cl)cc1. The highest BCUT2D eigenvalue weighted by atomic mass is 35.5. The van der Waals surface area contributed by atoms with E-state index in [0.717, 1.165) is 27.0 Å². The van der Waals surface area contributed by atoms with E-state index in [1.165, 1.54) is 11.3 Å². The molecule has 7 rings (SSSR count). The number of benzene rings is 1. The normalized spacial score (nSPS) is 31.9. The number of nitrogens with one attached hydrogen (secondary N) is 2. The lowest BCUT2D eigenvalue weighted by atomic mass is 9.69. The van der Waals surface area contributed by atoms with E-state index >= 15 is 0 Å². The first-order valence-corrected chi connectivity index (χ1v) is 13.8. The monoisotopic (exact) mass is 541 g/mol. The van der Waals surface area contributed by atoms with Gasteiger partial charge in [-0.3, -0.25) is 24.1 Å². The van der Waals surface area contributed by atoms with Gasteiger partial charge in [0.15, 0.2) is 0 Å². The van der Waals surface area contributed by atoms with E-state index in [2.05, 4.69) is 10.3 Å². The topological polar surface area (TPSA) is 112 Å². The Labute approximate surface area is 218 Å². The molecule has 1 aromatic carbocycles. The van der Waals surface area contributed by atoms with Gasteiger partial charge < -0.3 is 14.7 Å². The number of carbonyl (C=O) groups is 3. The van der Waals surface area contributed by atoms with Gasteiger partial charge in [-0.25, -0.2) is 0 Å². The van der Waals surface area contributed by atoms with Gasteiger partial charge in [0.1, 0.15) is 12.3 Å². The smallest absolute Gasteiger partial charge is 0.305 e. The van der Waals surface area contributed by atoms with Crippen molar-refractivity contribution in [1.29, 1.82) is 0 Å². The molecule has 3 fully saturated rings. The Morgan fingerprint density at radius 3 is 2.58 bits per heavy atom. The molecule has 8 nitrogen and oxygen atoms in total. The minimum absolute atomic E-state index is 0.00444. The van der Waals surface area contributed by atoms with E-state index in [1.807, 2.05) is 12.1 Å². The maximum Gasteiger partial charge on any atom is 0.305 e. The number of fused-ring (bicyclic) bond motifs is 9. The molecule has 0 radical (unpaired) electrons. The summed E-state index contributed by atoms with van der Waals surface area (Å²) in [6.45, 7) is -0.308. The molecule has 2 saturated carbocycles. The van der Waals surface area contributed by atoms with Crippen LogP contribution in [0.15, 0.2) is 56.9 Å². The third-order valence-corrected chi connectivity index (χ3v) is 10.9. The second-order valence-corrected chi connectivity index (χ2v) is 12.4. The summed E-state index contributed by atoms with van der Waals surface area (Å²) in [5.41, 5.74) is 0.549. The van der Waals surface area contributed by atoms with E-state index in [-0.39, 0.29) is 52.2 Å². The Balaban J connectivity index is 1.17. The van der Waals surface area contributed by atoms with Gasteiger partial charge in [0.25, 0.3) is 0 Å². The lowest BCUT2D eigenvalue weighted by Gasteiger charge is -2.42. The summed E-state index contributed by atoms with van der Waals surface area (Å²) in [5, 5.41) is 4.21. The van der Waals surface area contributed by atoms with Gasteiger partial charge in [-0.2, -0.15) is 0 Å². The van der Waals surface area contributed by atoms with E-state index < -0.39 is 17.7 Å². The van der Waals surface area contributed by atoms with E-state index in [9.17, 15) is 19.2 Å². The van der Waals surface area contributed by atoms with Crippen molar-refractivity contribution in [3.63, 3.8) is 0 Å². The van der Waals surface area contributed by atoms with Gasteiger partial charge in [-0.1, -0.05) is 22.9 Å². The van der Waals surface area contributed by atoms with Crippen LogP contribution in [0.2, 0.25) is 5.02 Å². The molecule has 7 atom stereocenters. The number of aromatic nitrogens is 1. The lowest BCUT2D eigenvalue weighted by molar-refractivity contribution is -0.143. The van der Waals surface area contributed by atoms with Gasteiger partial charge in [0, 0.05) is 16.0 Å². The first kappa shape index (κ1) is 22.4. The number of imide groups is 1. The predicted molar refractivity (Wildman–Crippen MR) is 134 cm³/mol. The second-order valence-electron chi connectivity index (χ2n) is 9.79. The highest BCUT2D eigenvalue weighted by molar-refractivity contribution is 8.00. The average Bonchev–Trinajstić information content (AvgIpc) is 3.66. The number of nitrogens with zero attached hydrogens (tertiary/aromatic N) is 1. The fourth-order valence-electron chi connectivity index (χ4n) is 6.90. The molecule has 2 aliphatic carbocycles. The zero-order valence-electron chi connectivity index (χ0n) is 18.7. The number of thiazole rings is 1. The van der Waals surface area contributed by atoms with Crippen molar-refractivity contribution in [3.8, 4) is 0 Å². The third kappa shape index (κ3) is 3.20. The molecule has 1 saturated heterocycles. The number of H-pyrrole nitrogens is 1. The molecule has 2 bridgehead atoms. The Bertz CT molecular complexity index is 1450. The number of amides is 3. The van der Waals surface area contributed by atoms with Crippen LogP contribution in [0, 0.1) is 29.6 Å².